The third-order valence-corrected chi connectivity index (χ3v) is 3.59. The first-order valence-electron chi connectivity index (χ1n) is 5.89. The van der Waals surface area contributed by atoms with Gasteiger partial charge in [0.25, 0.3) is 5.69 Å². The van der Waals surface area contributed by atoms with Gasteiger partial charge < -0.3 is 10.2 Å². The van der Waals surface area contributed by atoms with E-state index in [1.165, 1.54) is 12.3 Å². The van der Waals surface area contributed by atoms with Crippen molar-refractivity contribution in [1.29, 1.82) is 0 Å². The van der Waals surface area contributed by atoms with Crippen LogP contribution in [0, 0.1) is 10.1 Å². The molecule has 1 unspecified atom stereocenters. The van der Waals surface area contributed by atoms with Gasteiger partial charge >= 0.3 is 0 Å². The van der Waals surface area contributed by atoms with Crippen LogP contribution in [-0.4, -0.2) is 34.9 Å². The molecule has 0 bridgehead atoms. The van der Waals surface area contributed by atoms with Crippen LogP contribution in [0.15, 0.2) is 16.7 Å². The Hall–Kier alpha value is -1.70. The number of halogens is 1. The highest BCUT2D eigenvalue weighted by molar-refractivity contribution is 9.10. The zero-order valence-corrected chi connectivity index (χ0v) is 11.9. The van der Waals surface area contributed by atoms with Crippen molar-refractivity contribution in [3.05, 3.63) is 26.9 Å². The van der Waals surface area contributed by atoms with E-state index < -0.39 is 4.92 Å². The lowest BCUT2D eigenvalue weighted by Crippen LogP contribution is -2.55. The number of nitrogens with zero attached hydrogens (tertiary/aromatic N) is 3. The van der Waals surface area contributed by atoms with E-state index in [-0.39, 0.29) is 17.6 Å². The first-order chi connectivity index (χ1) is 9.04. The summed E-state index contributed by atoms with van der Waals surface area (Å²) in [6.07, 6.45) is 1.86. The van der Waals surface area contributed by atoms with E-state index in [0.717, 1.165) is 0 Å². The molecule has 0 aromatic carbocycles. The maximum absolute atomic E-state index is 11.8. The predicted octanol–water partition coefficient (Wildman–Crippen LogP) is 1.47. The lowest BCUT2D eigenvalue weighted by Gasteiger charge is -2.35. The maximum Gasteiger partial charge on any atom is 0.288 e. The second kappa shape index (κ2) is 5.52. The Labute approximate surface area is 118 Å². The minimum Gasteiger partial charge on any atom is -0.353 e. The second-order valence-electron chi connectivity index (χ2n) is 4.16. The quantitative estimate of drug-likeness (QED) is 0.670. The van der Waals surface area contributed by atoms with Gasteiger partial charge in [0.2, 0.25) is 5.91 Å². The van der Waals surface area contributed by atoms with Crippen molar-refractivity contribution in [2.75, 3.05) is 18.0 Å². The standard InChI is InChI=1S/C11H13BrN4O3/c1-2-9-11(17)13-3-4-15(9)10-8(12)5-7(6-14-10)16(18)19/h5-6,9H,2-4H2,1H3,(H,13,17). The van der Waals surface area contributed by atoms with Gasteiger partial charge in [-0.05, 0) is 22.4 Å². The van der Waals surface area contributed by atoms with Crippen molar-refractivity contribution in [3.8, 4) is 0 Å². The maximum atomic E-state index is 11.8. The van der Waals surface area contributed by atoms with Gasteiger partial charge in [-0.3, -0.25) is 14.9 Å². The fourth-order valence-electron chi connectivity index (χ4n) is 2.11. The van der Waals surface area contributed by atoms with Crippen molar-refractivity contribution in [1.82, 2.24) is 10.3 Å². The summed E-state index contributed by atoms with van der Waals surface area (Å²) in [5.41, 5.74) is -0.0786. The highest BCUT2D eigenvalue weighted by atomic mass is 79.9. The van der Waals surface area contributed by atoms with E-state index in [1.807, 2.05) is 11.8 Å². The molecule has 8 heteroatoms. The number of hydrogen-bond donors (Lipinski definition) is 1. The highest BCUT2D eigenvalue weighted by Gasteiger charge is 2.30. The fourth-order valence-corrected chi connectivity index (χ4v) is 2.67. The molecule has 7 nitrogen and oxygen atoms in total. The van der Waals surface area contributed by atoms with Crippen LogP contribution in [0.3, 0.4) is 0 Å². The van der Waals surface area contributed by atoms with Crippen LogP contribution in [-0.2, 0) is 4.79 Å². The summed E-state index contributed by atoms with van der Waals surface area (Å²) in [6, 6.07) is 1.11. The summed E-state index contributed by atoms with van der Waals surface area (Å²) < 4.78 is 0.523. The molecular formula is C11H13BrN4O3. The van der Waals surface area contributed by atoms with E-state index in [9.17, 15) is 14.9 Å². The summed E-state index contributed by atoms with van der Waals surface area (Å²) in [6.45, 7) is 3.09. The van der Waals surface area contributed by atoms with Crippen LogP contribution in [0.2, 0.25) is 0 Å². The van der Waals surface area contributed by atoms with Crippen molar-refractivity contribution in [3.63, 3.8) is 0 Å². The van der Waals surface area contributed by atoms with Gasteiger partial charge in [-0.2, -0.15) is 0 Å². The molecule has 1 saturated heterocycles. The molecule has 1 amide bonds. The van der Waals surface area contributed by atoms with Gasteiger partial charge in [-0.15, -0.1) is 0 Å². The number of aromatic nitrogens is 1. The normalized spacial score (nSPS) is 19.2. The average Bonchev–Trinajstić information content (AvgIpc) is 2.38. The van der Waals surface area contributed by atoms with Gasteiger partial charge in [0, 0.05) is 19.2 Å². The lowest BCUT2D eigenvalue weighted by atomic mass is 10.1. The van der Waals surface area contributed by atoms with E-state index in [4.69, 9.17) is 0 Å². The minimum absolute atomic E-state index is 0.0409. The first kappa shape index (κ1) is 13.7. The zero-order chi connectivity index (χ0) is 14.0. The second-order valence-corrected chi connectivity index (χ2v) is 5.02. The van der Waals surface area contributed by atoms with E-state index in [2.05, 4.69) is 26.2 Å². The van der Waals surface area contributed by atoms with Gasteiger partial charge in [0.05, 0.1) is 9.40 Å². The molecule has 102 valence electrons. The third kappa shape index (κ3) is 2.67. The van der Waals surface area contributed by atoms with Crippen molar-refractivity contribution in [2.45, 2.75) is 19.4 Å². The number of anilines is 1. The molecule has 0 radical (unpaired) electrons. The molecule has 0 saturated carbocycles. The Morgan fingerprint density at radius 1 is 1.68 bits per heavy atom. The third-order valence-electron chi connectivity index (χ3n) is 3.01. The molecule has 1 aliphatic heterocycles. The fraction of sp³-hybridized carbons (Fsp3) is 0.455. The number of rotatable bonds is 3. The highest BCUT2D eigenvalue weighted by Crippen LogP contribution is 2.29. The van der Waals surface area contributed by atoms with Gasteiger partial charge in [0.15, 0.2) is 0 Å². The van der Waals surface area contributed by atoms with Crippen LogP contribution < -0.4 is 10.2 Å². The molecule has 1 fully saturated rings. The molecule has 19 heavy (non-hydrogen) atoms. The smallest absolute Gasteiger partial charge is 0.288 e. The van der Waals surface area contributed by atoms with Crippen LogP contribution in [0.1, 0.15) is 13.3 Å². The minimum atomic E-state index is -0.498. The Kier molecular flexibility index (Phi) is 3.98. The van der Waals surface area contributed by atoms with E-state index >= 15 is 0 Å². The number of hydrogen-bond acceptors (Lipinski definition) is 5. The molecule has 1 aromatic rings. The van der Waals surface area contributed by atoms with Crippen LogP contribution in [0.25, 0.3) is 0 Å². The molecule has 2 rings (SSSR count). The van der Waals surface area contributed by atoms with Crippen LogP contribution in [0.4, 0.5) is 11.5 Å². The topological polar surface area (TPSA) is 88.4 Å². The Morgan fingerprint density at radius 3 is 3.00 bits per heavy atom. The van der Waals surface area contributed by atoms with Gasteiger partial charge in [-0.1, -0.05) is 6.92 Å². The average molecular weight is 329 g/mol. The monoisotopic (exact) mass is 328 g/mol. The van der Waals surface area contributed by atoms with Crippen molar-refractivity contribution < 1.29 is 9.72 Å². The zero-order valence-electron chi connectivity index (χ0n) is 10.3. The number of amides is 1. The van der Waals surface area contributed by atoms with E-state index in [1.54, 1.807) is 0 Å². The van der Waals surface area contributed by atoms with Crippen LogP contribution in [0.5, 0.6) is 0 Å². The van der Waals surface area contributed by atoms with E-state index in [0.29, 0.717) is 29.8 Å². The van der Waals surface area contributed by atoms with Crippen LogP contribution >= 0.6 is 15.9 Å². The van der Waals surface area contributed by atoms with Crippen molar-refractivity contribution in [2.24, 2.45) is 0 Å². The van der Waals surface area contributed by atoms with Crippen molar-refractivity contribution >= 4 is 33.3 Å². The largest absolute Gasteiger partial charge is 0.353 e. The van der Waals surface area contributed by atoms with Gasteiger partial charge in [0.1, 0.15) is 18.1 Å². The summed E-state index contributed by atoms with van der Waals surface area (Å²) in [4.78, 5) is 28.0. The molecule has 1 aromatic heterocycles. The molecule has 0 spiro atoms. The van der Waals surface area contributed by atoms with Gasteiger partial charge in [-0.25, -0.2) is 4.98 Å². The summed E-state index contributed by atoms with van der Waals surface area (Å²) >= 11 is 3.29. The SMILES string of the molecule is CCC1C(=O)NCCN1c1ncc([N+](=O)[O-])cc1Br. The number of pyridine rings is 1. The number of carbonyl (C=O) groups is 1. The summed E-state index contributed by atoms with van der Waals surface area (Å²) in [5, 5.41) is 13.5. The lowest BCUT2D eigenvalue weighted by molar-refractivity contribution is -0.385. The number of nitro groups is 1. The molecule has 2 heterocycles. The predicted molar refractivity (Wildman–Crippen MR) is 73.0 cm³/mol. The summed E-state index contributed by atoms with van der Waals surface area (Å²) in [7, 11) is 0. The molecule has 1 N–H and O–H groups in total. The number of carbonyl (C=O) groups excluding carboxylic acids is 1. The Bertz CT molecular complexity index is 523. The summed E-state index contributed by atoms with van der Waals surface area (Å²) in [5.74, 6) is 0.521. The molecule has 1 aliphatic rings. The Balaban J connectivity index is 2.35. The molecule has 1 atom stereocenters. The number of nitrogens with one attached hydrogen (secondary N) is 1. The number of piperazine rings is 1. The molecule has 0 aliphatic carbocycles. The molecular weight excluding hydrogens is 316 g/mol. The first-order valence-corrected chi connectivity index (χ1v) is 6.68. The Morgan fingerprint density at radius 2 is 2.42 bits per heavy atom.